The number of hydrogen-bond donors (Lipinski definition) is 0. The molecule has 0 unspecified atom stereocenters. The predicted molar refractivity (Wildman–Crippen MR) is 129 cm³/mol. The second kappa shape index (κ2) is 8.10. The molecule has 2 aliphatic heterocycles. The molecule has 1 amide bonds. The van der Waals surface area contributed by atoms with Crippen molar-refractivity contribution in [1.82, 2.24) is 14.3 Å². The summed E-state index contributed by atoms with van der Waals surface area (Å²) in [7, 11) is 0. The third-order valence-corrected chi connectivity index (χ3v) is 7.00. The number of carbonyl (C=O) groups excluding carboxylic acids is 2. The van der Waals surface area contributed by atoms with Crippen LogP contribution in [0.3, 0.4) is 0 Å². The summed E-state index contributed by atoms with van der Waals surface area (Å²) in [5.74, 6) is 0.662. The SMILES string of the molecule is N#Cc1cccc(-c2cc(C(=O)N3CCC4(CC3)CC(=O)c3ccccc3O4)cn3ccnc23)c1. The van der Waals surface area contributed by atoms with E-state index in [0.717, 1.165) is 16.8 Å². The van der Waals surface area contributed by atoms with Gasteiger partial charge in [0.1, 0.15) is 17.0 Å². The van der Waals surface area contributed by atoms with Gasteiger partial charge in [-0.15, -0.1) is 0 Å². The molecule has 0 saturated carbocycles. The van der Waals surface area contributed by atoms with Crippen molar-refractivity contribution in [2.75, 3.05) is 13.1 Å². The van der Waals surface area contributed by atoms with Gasteiger partial charge in [0.15, 0.2) is 5.78 Å². The number of pyridine rings is 1. The minimum Gasteiger partial charge on any atom is -0.486 e. The highest BCUT2D eigenvalue weighted by atomic mass is 16.5. The Morgan fingerprint density at radius 1 is 1.06 bits per heavy atom. The van der Waals surface area contributed by atoms with Crippen molar-refractivity contribution in [2.24, 2.45) is 0 Å². The van der Waals surface area contributed by atoms with E-state index in [9.17, 15) is 14.9 Å². The zero-order valence-electron chi connectivity index (χ0n) is 19.0. The number of benzene rings is 2. The van der Waals surface area contributed by atoms with Gasteiger partial charge in [0.05, 0.1) is 29.2 Å². The fourth-order valence-electron chi connectivity index (χ4n) is 5.14. The number of nitriles is 1. The Labute approximate surface area is 202 Å². The van der Waals surface area contributed by atoms with Gasteiger partial charge in [0, 0.05) is 50.1 Å². The summed E-state index contributed by atoms with van der Waals surface area (Å²) < 4.78 is 8.15. The van der Waals surface area contributed by atoms with Crippen LogP contribution in [0.5, 0.6) is 5.75 Å². The highest BCUT2D eigenvalue weighted by Crippen LogP contribution is 2.39. The lowest BCUT2D eigenvalue weighted by atomic mass is 9.82. The van der Waals surface area contributed by atoms with E-state index in [1.165, 1.54) is 0 Å². The molecule has 7 nitrogen and oxygen atoms in total. The largest absolute Gasteiger partial charge is 0.486 e. The van der Waals surface area contributed by atoms with Crippen molar-refractivity contribution in [3.05, 3.63) is 89.9 Å². The van der Waals surface area contributed by atoms with Crippen molar-refractivity contribution in [2.45, 2.75) is 24.9 Å². The van der Waals surface area contributed by atoms with E-state index in [4.69, 9.17) is 4.74 Å². The zero-order chi connectivity index (χ0) is 24.0. The molecule has 2 aliphatic rings. The Kier molecular flexibility index (Phi) is 4.89. The summed E-state index contributed by atoms with van der Waals surface area (Å²) in [6.45, 7) is 1.02. The third kappa shape index (κ3) is 3.64. The van der Waals surface area contributed by atoms with Gasteiger partial charge < -0.3 is 14.0 Å². The van der Waals surface area contributed by atoms with Crippen molar-refractivity contribution >= 4 is 17.3 Å². The van der Waals surface area contributed by atoms with Crippen LogP contribution in [0.1, 0.15) is 45.5 Å². The van der Waals surface area contributed by atoms with E-state index in [1.54, 1.807) is 30.6 Å². The lowest BCUT2D eigenvalue weighted by molar-refractivity contribution is -0.00571. The number of piperidine rings is 1. The van der Waals surface area contributed by atoms with Gasteiger partial charge in [-0.25, -0.2) is 4.98 Å². The lowest BCUT2D eigenvalue weighted by Gasteiger charge is -2.44. The highest BCUT2D eigenvalue weighted by Gasteiger charge is 2.43. The Balaban J connectivity index is 1.27. The van der Waals surface area contributed by atoms with Gasteiger partial charge in [-0.2, -0.15) is 5.26 Å². The molecule has 0 radical (unpaired) electrons. The van der Waals surface area contributed by atoms with Gasteiger partial charge in [-0.3, -0.25) is 9.59 Å². The number of Topliss-reactive ketones (excluding diaryl/α,β-unsaturated/α-hetero) is 1. The van der Waals surface area contributed by atoms with Crippen molar-refractivity contribution in [3.63, 3.8) is 0 Å². The first-order valence-corrected chi connectivity index (χ1v) is 11.6. The summed E-state index contributed by atoms with van der Waals surface area (Å²) in [5.41, 5.74) is 3.54. The van der Waals surface area contributed by atoms with Crippen LogP contribution < -0.4 is 4.74 Å². The van der Waals surface area contributed by atoms with E-state index < -0.39 is 5.60 Å². The van der Waals surface area contributed by atoms with Crippen LogP contribution in [0.2, 0.25) is 0 Å². The maximum atomic E-state index is 13.5. The van der Waals surface area contributed by atoms with Gasteiger partial charge in [-0.1, -0.05) is 24.3 Å². The molecular weight excluding hydrogens is 440 g/mol. The number of rotatable bonds is 2. The van der Waals surface area contributed by atoms with Gasteiger partial charge in [-0.05, 0) is 35.9 Å². The van der Waals surface area contributed by atoms with Crippen LogP contribution in [-0.4, -0.2) is 44.7 Å². The summed E-state index contributed by atoms with van der Waals surface area (Å²) in [6.07, 6.45) is 6.84. The van der Waals surface area contributed by atoms with E-state index in [-0.39, 0.29) is 11.7 Å². The molecule has 0 aliphatic carbocycles. The van der Waals surface area contributed by atoms with Crippen molar-refractivity contribution in [1.29, 1.82) is 5.26 Å². The first-order chi connectivity index (χ1) is 17.0. The first kappa shape index (κ1) is 21.1. The van der Waals surface area contributed by atoms with Crippen LogP contribution in [0.25, 0.3) is 16.8 Å². The topological polar surface area (TPSA) is 87.7 Å². The molecular formula is C28H22N4O3. The second-order valence-corrected chi connectivity index (χ2v) is 9.17. The Hall–Kier alpha value is -4.44. The number of hydrogen-bond acceptors (Lipinski definition) is 5. The van der Waals surface area contributed by atoms with Crippen LogP contribution in [0.4, 0.5) is 0 Å². The average Bonchev–Trinajstić information content (AvgIpc) is 3.37. The number of amides is 1. The fraction of sp³-hybridized carbons (Fsp3) is 0.214. The number of fused-ring (bicyclic) bond motifs is 2. The van der Waals surface area contributed by atoms with Crippen LogP contribution in [0.15, 0.2) is 73.2 Å². The monoisotopic (exact) mass is 462 g/mol. The smallest absolute Gasteiger partial charge is 0.255 e. The first-order valence-electron chi connectivity index (χ1n) is 11.6. The standard InChI is InChI=1S/C28H22N4O3/c29-17-19-4-3-5-20(14-19)23-15-21(18-32-13-10-30-26(23)32)27(34)31-11-8-28(9-12-31)16-24(33)22-6-1-2-7-25(22)35-28/h1-7,10,13-15,18H,8-9,11-12,16H2. The minimum atomic E-state index is -0.556. The number of nitrogens with zero attached hydrogens (tertiary/aromatic N) is 4. The van der Waals surface area contributed by atoms with Crippen LogP contribution in [-0.2, 0) is 0 Å². The fourth-order valence-corrected chi connectivity index (χ4v) is 5.14. The molecule has 0 bridgehead atoms. The maximum Gasteiger partial charge on any atom is 0.255 e. The number of ether oxygens (including phenoxy) is 1. The van der Waals surface area contributed by atoms with Crippen molar-refractivity contribution in [3.8, 4) is 22.9 Å². The molecule has 172 valence electrons. The second-order valence-electron chi connectivity index (χ2n) is 9.17. The molecule has 0 N–H and O–H groups in total. The minimum absolute atomic E-state index is 0.0735. The molecule has 0 atom stereocenters. The average molecular weight is 463 g/mol. The summed E-state index contributed by atoms with van der Waals surface area (Å²) >= 11 is 0. The Bertz CT molecular complexity index is 1520. The molecule has 2 aromatic heterocycles. The van der Waals surface area contributed by atoms with Gasteiger partial charge >= 0.3 is 0 Å². The molecule has 1 saturated heterocycles. The normalized spacial score (nSPS) is 16.5. The number of imidazole rings is 1. The molecule has 6 rings (SSSR count). The Morgan fingerprint density at radius 2 is 1.89 bits per heavy atom. The van der Waals surface area contributed by atoms with E-state index in [0.29, 0.717) is 54.8 Å². The van der Waals surface area contributed by atoms with Gasteiger partial charge in [0.25, 0.3) is 5.91 Å². The highest BCUT2D eigenvalue weighted by molar-refractivity contribution is 6.00. The van der Waals surface area contributed by atoms with E-state index >= 15 is 0 Å². The van der Waals surface area contributed by atoms with E-state index in [2.05, 4.69) is 11.1 Å². The summed E-state index contributed by atoms with van der Waals surface area (Å²) in [6, 6.07) is 18.7. The summed E-state index contributed by atoms with van der Waals surface area (Å²) in [5, 5.41) is 9.31. The molecule has 4 aromatic rings. The number of likely N-dealkylation sites (tertiary alicyclic amines) is 1. The number of aromatic nitrogens is 2. The maximum absolute atomic E-state index is 13.5. The molecule has 35 heavy (non-hydrogen) atoms. The molecule has 2 aromatic carbocycles. The predicted octanol–water partition coefficient (Wildman–Crippen LogP) is 4.51. The summed E-state index contributed by atoms with van der Waals surface area (Å²) in [4.78, 5) is 32.5. The molecule has 7 heteroatoms. The zero-order valence-corrected chi connectivity index (χ0v) is 19.0. The Morgan fingerprint density at radius 3 is 2.71 bits per heavy atom. The van der Waals surface area contributed by atoms with Crippen molar-refractivity contribution < 1.29 is 14.3 Å². The number of carbonyl (C=O) groups is 2. The quantitative estimate of drug-likeness (QED) is 0.437. The lowest BCUT2D eigenvalue weighted by Crippen LogP contribution is -2.52. The molecule has 1 spiro atoms. The third-order valence-electron chi connectivity index (χ3n) is 7.00. The van der Waals surface area contributed by atoms with Crippen LogP contribution >= 0.6 is 0 Å². The van der Waals surface area contributed by atoms with E-state index in [1.807, 2.05) is 51.9 Å². The van der Waals surface area contributed by atoms with Gasteiger partial charge in [0.2, 0.25) is 0 Å². The van der Waals surface area contributed by atoms with Crippen LogP contribution in [0, 0.1) is 11.3 Å². The number of ketones is 1. The number of para-hydroxylation sites is 1. The molecule has 1 fully saturated rings. The molecule has 4 heterocycles.